The highest BCUT2D eigenvalue weighted by molar-refractivity contribution is 5.94. The zero-order valence-electron chi connectivity index (χ0n) is 27.5. The number of esters is 1. The van der Waals surface area contributed by atoms with Gasteiger partial charge in [0.1, 0.15) is 29.3 Å². The molecule has 2 aromatic rings. The number of benzene rings is 2. The number of nitrogens with zero attached hydrogens (tertiary/aromatic N) is 1. The fraction of sp³-hybridized carbons (Fsp3) is 0.529. The molecule has 10 nitrogen and oxygen atoms in total. The van der Waals surface area contributed by atoms with Crippen LogP contribution in [0.25, 0.3) is 0 Å². The van der Waals surface area contributed by atoms with Crippen LogP contribution in [-0.4, -0.2) is 70.3 Å². The first-order chi connectivity index (χ1) is 20.4. The molecule has 0 aliphatic rings. The van der Waals surface area contributed by atoms with Crippen LogP contribution in [0.1, 0.15) is 78.1 Å². The monoisotopic (exact) mass is 611 g/mol. The van der Waals surface area contributed by atoms with Crippen molar-refractivity contribution in [2.45, 2.75) is 98.1 Å². The van der Waals surface area contributed by atoms with Crippen molar-refractivity contribution in [3.63, 3.8) is 0 Å². The van der Waals surface area contributed by atoms with Gasteiger partial charge in [0.2, 0.25) is 11.8 Å². The molecule has 0 aromatic heterocycles. The molecule has 2 aromatic carbocycles. The topological polar surface area (TPSA) is 134 Å². The van der Waals surface area contributed by atoms with Crippen LogP contribution in [0.2, 0.25) is 0 Å². The Hall–Kier alpha value is -3.92. The number of carbonyl (C=O) groups is 4. The lowest BCUT2D eigenvalue weighted by Gasteiger charge is -2.36. The zero-order valence-corrected chi connectivity index (χ0v) is 27.5. The van der Waals surface area contributed by atoms with Gasteiger partial charge in [0.05, 0.1) is 6.61 Å². The van der Waals surface area contributed by atoms with Crippen molar-refractivity contribution in [1.82, 2.24) is 15.5 Å². The van der Waals surface area contributed by atoms with E-state index in [1.165, 1.54) is 4.90 Å². The van der Waals surface area contributed by atoms with Crippen molar-refractivity contribution >= 4 is 23.9 Å². The number of aliphatic hydroxyl groups excluding tert-OH is 1. The summed E-state index contributed by atoms with van der Waals surface area (Å²) in [6, 6.07) is 12.9. The smallest absolute Gasteiger partial charge is 0.408 e. The minimum absolute atomic E-state index is 0.158. The Balaban J connectivity index is 2.55. The number of aryl methyl sites for hydroxylation is 1. The van der Waals surface area contributed by atoms with Gasteiger partial charge in [-0.15, -0.1) is 0 Å². The number of hydrogen-bond acceptors (Lipinski definition) is 7. The summed E-state index contributed by atoms with van der Waals surface area (Å²) < 4.78 is 11.0. The molecular formula is C34H49N3O7. The number of carbonyl (C=O) groups excluding carboxylic acids is 4. The molecule has 0 saturated heterocycles. The number of rotatable bonds is 12. The Kier molecular flexibility index (Phi) is 12.9. The number of hydrogen-bond donors (Lipinski definition) is 3. The Morgan fingerprint density at radius 1 is 0.841 bits per heavy atom. The van der Waals surface area contributed by atoms with E-state index in [1.807, 2.05) is 49.4 Å². The number of ether oxygens (including phenoxy) is 2. The van der Waals surface area contributed by atoms with Crippen LogP contribution in [-0.2, 0) is 30.3 Å². The lowest BCUT2D eigenvalue weighted by atomic mass is 9.97. The second kappa shape index (κ2) is 15.7. The van der Waals surface area contributed by atoms with E-state index < -0.39 is 59.8 Å². The molecule has 0 saturated carbocycles. The highest BCUT2D eigenvalue weighted by Gasteiger charge is 2.39. The maximum absolute atomic E-state index is 14.2. The van der Waals surface area contributed by atoms with Gasteiger partial charge in [-0.2, -0.15) is 0 Å². The molecule has 3 amide bonds. The molecule has 3 N–H and O–H groups in total. The molecule has 0 bridgehead atoms. The summed E-state index contributed by atoms with van der Waals surface area (Å²) in [7, 11) is 0. The predicted molar refractivity (Wildman–Crippen MR) is 169 cm³/mol. The van der Waals surface area contributed by atoms with Gasteiger partial charge in [-0.3, -0.25) is 9.59 Å². The zero-order chi connectivity index (χ0) is 33.2. The van der Waals surface area contributed by atoms with Gasteiger partial charge in [0.15, 0.2) is 0 Å². The van der Waals surface area contributed by atoms with E-state index in [-0.39, 0.29) is 18.9 Å². The van der Waals surface area contributed by atoms with E-state index >= 15 is 0 Å². The highest BCUT2D eigenvalue weighted by atomic mass is 16.6. The minimum Gasteiger partial charge on any atom is -0.458 e. The maximum atomic E-state index is 14.2. The summed E-state index contributed by atoms with van der Waals surface area (Å²) >= 11 is 0. The molecule has 0 radical (unpaired) electrons. The van der Waals surface area contributed by atoms with Crippen LogP contribution >= 0.6 is 0 Å². The quantitative estimate of drug-likeness (QED) is 0.302. The predicted octanol–water partition coefficient (Wildman–Crippen LogP) is 4.48. The average Bonchev–Trinajstić information content (AvgIpc) is 2.90. The molecule has 0 heterocycles. The first kappa shape index (κ1) is 36.3. The van der Waals surface area contributed by atoms with Crippen molar-refractivity contribution in [3.8, 4) is 0 Å². The number of amides is 3. The molecule has 0 aliphatic heterocycles. The van der Waals surface area contributed by atoms with Crippen molar-refractivity contribution in [3.05, 3.63) is 71.3 Å². The minimum atomic E-state index is -1.24. The van der Waals surface area contributed by atoms with Gasteiger partial charge in [0.25, 0.3) is 0 Å². The molecule has 0 aliphatic carbocycles. The normalized spacial score (nSPS) is 13.8. The van der Waals surface area contributed by atoms with E-state index in [9.17, 15) is 24.3 Å². The van der Waals surface area contributed by atoms with Gasteiger partial charge in [-0.25, -0.2) is 9.59 Å². The molecule has 10 heteroatoms. The Morgan fingerprint density at radius 3 is 1.91 bits per heavy atom. The number of alkyl carbamates (subject to hydrolysis) is 1. The van der Waals surface area contributed by atoms with Gasteiger partial charge < -0.3 is 30.1 Å². The maximum Gasteiger partial charge on any atom is 0.408 e. The first-order valence-corrected chi connectivity index (χ1v) is 15.0. The molecule has 0 spiro atoms. The van der Waals surface area contributed by atoms with Crippen molar-refractivity contribution < 1.29 is 33.8 Å². The second-order valence-corrected chi connectivity index (χ2v) is 13.2. The molecule has 242 valence electrons. The first-order valence-electron chi connectivity index (χ1n) is 15.0. The number of aliphatic hydroxyl groups is 1. The third-order valence-corrected chi connectivity index (χ3v) is 6.47. The summed E-state index contributed by atoms with van der Waals surface area (Å²) in [5.74, 6) is -2.23. The van der Waals surface area contributed by atoms with E-state index in [1.54, 1.807) is 67.5 Å². The molecule has 3 unspecified atom stereocenters. The van der Waals surface area contributed by atoms with E-state index in [0.29, 0.717) is 5.56 Å². The summed E-state index contributed by atoms with van der Waals surface area (Å²) in [6.07, 6.45) is -0.622. The molecular weight excluding hydrogens is 562 g/mol. The molecule has 0 fully saturated rings. The SMILES string of the molecule is Cc1ccc(C(C(=O)NC(Cc2ccccc2)C(=O)OC(C)(C)C)N(CCO)C(=O)C(NC(=O)OC(C)(C)C)C(C)C)cc1. The third kappa shape index (κ3) is 11.6. The molecule has 3 atom stereocenters. The highest BCUT2D eigenvalue weighted by Crippen LogP contribution is 2.25. The largest absolute Gasteiger partial charge is 0.458 e. The second-order valence-electron chi connectivity index (χ2n) is 13.2. The van der Waals surface area contributed by atoms with Gasteiger partial charge >= 0.3 is 12.1 Å². The van der Waals surface area contributed by atoms with Crippen molar-refractivity contribution in [2.24, 2.45) is 5.92 Å². The molecule has 2 rings (SSSR count). The summed E-state index contributed by atoms with van der Waals surface area (Å²) in [4.78, 5) is 55.6. The van der Waals surface area contributed by atoms with E-state index in [0.717, 1.165) is 11.1 Å². The van der Waals surface area contributed by atoms with Gasteiger partial charge in [0, 0.05) is 13.0 Å². The lowest BCUT2D eigenvalue weighted by Crippen LogP contribution is -2.56. The lowest BCUT2D eigenvalue weighted by molar-refractivity contribution is -0.159. The number of nitrogens with one attached hydrogen (secondary N) is 2. The van der Waals surface area contributed by atoms with E-state index in [2.05, 4.69) is 10.6 Å². The van der Waals surface area contributed by atoms with Crippen LogP contribution in [0.3, 0.4) is 0 Å². The van der Waals surface area contributed by atoms with Crippen LogP contribution in [0, 0.1) is 12.8 Å². The van der Waals surface area contributed by atoms with Gasteiger partial charge in [-0.1, -0.05) is 74.0 Å². The third-order valence-electron chi connectivity index (χ3n) is 6.47. The van der Waals surface area contributed by atoms with Crippen LogP contribution in [0.5, 0.6) is 0 Å². The Morgan fingerprint density at radius 2 is 1.41 bits per heavy atom. The molecule has 44 heavy (non-hydrogen) atoms. The Labute approximate surface area is 261 Å². The van der Waals surface area contributed by atoms with Crippen molar-refractivity contribution in [1.29, 1.82) is 0 Å². The van der Waals surface area contributed by atoms with Crippen LogP contribution < -0.4 is 10.6 Å². The fourth-order valence-electron chi connectivity index (χ4n) is 4.49. The van der Waals surface area contributed by atoms with Crippen LogP contribution in [0.4, 0.5) is 4.79 Å². The summed E-state index contributed by atoms with van der Waals surface area (Å²) in [5.41, 5.74) is 0.621. The standard InChI is InChI=1S/C34H49N3O7/c1-22(2)27(36-32(42)44-34(7,8)9)30(40)37(19-20-38)28(25-17-15-23(3)16-18-25)29(39)35-26(31(41)43-33(4,5)6)21-24-13-11-10-12-14-24/h10-18,22,26-28,38H,19-21H2,1-9H3,(H,35,39)(H,36,42). The summed E-state index contributed by atoms with van der Waals surface area (Å²) in [6.45, 7) is 15.1. The van der Waals surface area contributed by atoms with Crippen LogP contribution in [0.15, 0.2) is 54.6 Å². The van der Waals surface area contributed by atoms with Gasteiger partial charge in [-0.05, 0) is 65.5 Å². The average molecular weight is 612 g/mol. The summed E-state index contributed by atoms with van der Waals surface area (Å²) in [5, 5.41) is 15.5. The van der Waals surface area contributed by atoms with E-state index in [4.69, 9.17) is 9.47 Å². The Bertz CT molecular complexity index is 1250. The van der Waals surface area contributed by atoms with Crippen molar-refractivity contribution in [2.75, 3.05) is 13.2 Å². The fourth-order valence-corrected chi connectivity index (χ4v) is 4.49.